The fourth-order valence-electron chi connectivity index (χ4n) is 1.18. The minimum atomic E-state index is -0.623. The number of nitrogens with two attached hydrogens (primary N) is 1. The number of primary amides is 1. The molecule has 0 heterocycles. The summed E-state index contributed by atoms with van der Waals surface area (Å²) in [5, 5.41) is 2.37. The van der Waals surface area contributed by atoms with Crippen LogP contribution in [0.15, 0.2) is 22.7 Å². The largest absolute Gasteiger partial charge is 0.462 e. The second-order valence-electron chi connectivity index (χ2n) is 3.40. The summed E-state index contributed by atoms with van der Waals surface area (Å²) >= 11 is 3.08. The number of carbonyl (C=O) groups excluding carboxylic acids is 2. The Bertz CT molecular complexity index is 454. The fourth-order valence-corrected chi connectivity index (χ4v) is 1.69. The van der Waals surface area contributed by atoms with E-state index in [-0.39, 0.29) is 12.2 Å². The highest BCUT2D eigenvalue weighted by Crippen LogP contribution is 2.18. The van der Waals surface area contributed by atoms with E-state index in [9.17, 15) is 14.0 Å². The van der Waals surface area contributed by atoms with Gasteiger partial charge >= 0.3 is 12.0 Å². The smallest absolute Gasteiger partial charge is 0.339 e. The summed E-state index contributed by atoms with van der Waals surface area (Å²) in [7, 11) is 0. The molecular formula is C11H12BrFN2O3. The molecule has 18 heavy (non-hydrogen) atoms. The number of amides is 2. The van der Waals surface area contributed by atoms with Crippen LogP contribution in [-0.4, -0.2) is 25.2 Å². The molecule has 0 unspecified atom stereocenters. The van der Waals surface area contributed by atoms with Crippen molar-refractivity contribution in [1.82, 2.24) is 5.32 Å². The van der Waals surface area contributed by atoms with Crippen LogP contribution in [0.4, 0.5) is 9.18 Å². The number of benzene rings is 1. The standard InChI is InChI=1S/C11H12BrFN2O3/c12-9-6-7(13)2-3-8(9)10(16)18-5-1-4-15-11(14)17/h2-3,6H,1,4-5H2,(H3,14,15,17). The molecule has 7 heteroatoms. The average Bonchev–Trinajstić information content (AvgIpc) is 2.27. The Hall–Kier alpha value is -1.63. The maximum absolute atomic E-state index is 12.8. The molecule has 0 atom stereocenters. The molecule has 3 N–H and O–H groups in total. The van der Waals surface area contributed by atoms with Gasteiger partial charge in [0.05, 0.1) is 12.2 Å². The summed E-state index contributed by atoms with van der Waals surface area (Å²) in [6.45, 7) is 0.468. The van der Waals surface area contributed by atoms with E-state index in [4.69, 9.17) is 10.5 Å². The lowest BCUT2D eigenvalue weighted by Gasteiger charge is -2.06. The molecule has 0 aliphatic heterocycles. The van der Waals surface area contributed by atoms with Crippen molar-refractivity contribution >= 4 is 27.9 Å². The summed E-state index contributed by atoms with van der Waals surface area (Å²) in [5.41, 5.74) is 5.11. The number of rotatable bonds is 5. The van der Waals surface area contributed by atoms with Crippen molar-refractivity contribution in [2.24, 2.45) is 5.73 Å². The van der Waals surface area contributed by atoms with Gasteiger partial charge in [-0.2, -0.15) is 0 Å². The van der Waals surface area contributed by atoms with Crippen LogP contribution in [0.1, 0.15) is 16.8 Å². The number of ether oxygens (including phenoxy) is 1. The van der Waals surface area contributed by atoms with Gasteiger partial charge in [0.25, 0.3) is 0 Å². The van der Waals surface area contributed by atoms with E-state index in [2.05, 4.69) is 21.2 Å². The molecule has 0 aliphatic carbocycles. The van der Waals surface area contributed by atoms with Crippen molar-refractivity contribution < 1.29 is 18.7 Å². The third-order valence-electron chi connectivity index (χ3n) is 2.00. The van der Waals surface area contributed by atoms with E-state index < -0.39 is 17.8 Å². The third-order valence-corrected chi connectivity index (χ3v) is 2.66. The summed E-state index contributed by atoms with van der Waals surface area (Å²) in [5.74, 6) is -0.995. The van der Waals surface area contributed by atoms with E-state index in [0.29, 0.717) is 17.4 Å². The molecule has 0 spiro atoms. The van der Waals surface area contributed by atoms with Crippen molar-refractivity contribution in [3.63, 3.8) is 0 Å². The normalized spacial score (nSPS) is 9.89. The van der Waals surface area contributed by atoms with Gasteiger partial charge in [0.15, 0.2) is 0 Å². The van der Waals surface area contributed by atoms with Crippen molar-refractivity contribution in [3.05, 3.63) is 34.1 Å². The molecule has 0 saturated heterocycles. The van der Waals surface area contributed by atoms with Gasteiger partial charge in [-0.1, -0.05) is 0 Å². The van der Waals surface area contributed by atoms with Gasteiger partial charge in [0.2, 0.25) is 0 Å². The molecule has 1 rings (SSSR count). The Morgan fingerprint density at radius 1 is 1.44 bits per heavy atom. The van der Waals surface area contributed by atoms with Crippen LogP contribution in [0, 0.1) is 5.82 Å². The van der Waals surface area contributed by atoms with Gasteiger partial charge in [-0.05, 0) is 40.5 Å². The maximum atomic E-state index is 12.8. The first-order chi connectivity index (χ1) is 8.50. The number of urea groups is 1. The molecule has 0 saturated carbocycles. The first-order valence-corrected chi connectivity index (χ1v) is 5.95. The Kier molecular flexibility index (Phi) is 5.57. The number of esters is 1. The molecule has 0 aromatic heterocycles. The maximum Gasteiger partial charge on any atom is 0.339 e. The Balaban J connectivity index is 2.39. The molecule has 1 aromatic carbocycles. The van der Waals surface area contributed by atoms with Gasteiger partial charge in [0.1, 0.15) is 5.82 Å². The molecule has 0 fully saturated rings. The number of hydrogen-bond acceptors (Lipinski definition) is 3. The first-order valence-electron chi connectivity index (χ1n) is 5.16. The molecule has 0 aliphatic rings. The van der Waals surface area contributed by atoms with E-state index in [1.54, 1.807) is 0 Å². The van der Waals surface area contributed by atoms with Crippen molar-refractivity contribution in [2.45, 2.75) is 6.42 Å². The minimum Gasteiger partial charge on any atom is -0.462 e. The monoisotopic (exact) mass is 318 g/mol. The van der Waals surface area contributed by atoms with Crippen LogP contribution >= 0.6 is 15.9 Å². The molecular weight excluding hydrogens is 307 g/mol. The van der Waals surface area contributed by atoms with E-state index in [1.807, 2.05) is 0 Å². The summed E-state index contributed by atoms with van der Waals surface area (Å²) in [6.07, 6.45) is 0.452. The van der Waals surface area contributed by atoms with Gasteiger partial charge in [-0.25, -0.2) is 14.0 Å². The lowest BCUT2D eigenvalue weighted by atomic mass is 10.2. The Labute approximate surface area is 112 Å². The van der Waals surface area contributed by atoms with E-state index >= 15 is 0 Å². The topological polar surface area (TPSA) is 81.4 Å². The molecule has 0 radical (unpaired) electrons. The second kappa shape index (κ2) is 6.95. The summed E-state index contributed by atoms with van der Waals surface area (Å²) < 4.78 is 18.1. The summed E-state index contributed by atoms with van der Waals surface area (Å²) in [4.78, 5) is 21.9. The highest BCUT2D eigenvalue weighted by molar-refractivity contribution is 9.10. The second-order valence-corrected chi connectivity index (χ2v) is 4.26. The van der Waals surface area contributed by atoms with Crippen LogP contribution in [-0.2, 0) is 4.74 Å². The van der Waals surface area contributed by atoms with Crippen LogP contribution in [0.25, 0.3) is 0 Å². The minimum absolute atomic E-state index is 0.142. The van der Waals surface area contributed by atoms with Crippen molar-refractivity contribution in [1.29, 1.82) is 0 Å². The SMILES string of the molecule is NC(=O)NCCCOC(=O)c1ccc(F)cc1Br. The zero-order chi connectivity index (χ0) is 13.5. The Morgan fingerprint density at radius 2 is 2.17 bits per heavy atom. The van der Waals surface area contributed by atoms with Crippen LogP contribution in [0.2, 0.25) is 0 Å². The van der Waals surface area contributed by atoms with Crippen LogP contribution < -0.4 is 11.1 Å². The number of nitrogens with one attached hydrogen (secondary N) is 1. The highest BCUT2D eigenvalue weighted by Gasteiger charge is 2.11. The summed E-state index contributed by atoms with van der Waals surface area (Å²) in [6, 6.07) is 3.08. The third kappa shape index (κ3) is 4.70. The molecule has 0 bridgehead atoms. The highest BCUT2D eigenvalue weighted by atomic mass is 79.9. The van der Waals surface area contributed by atoms with Gasteiger partial charge < -0.3 is 15.8 Å². The molecule has 1 aromatic rings. The zero-order valence-electron chi connectivity index (χ0n) is 9.41. The predicted molar refractivity (Wildman–Crippen MR) is 66.6 cm³/mol. The van der Waals surface area contributed by atoms with Crippen molar-refractivity contribution in [2.75, 3.05) is 13.2 Å². The van der Waals surface area contributed by atoms with Gasteiger partial charge in [0, 0.05) is 11.0 Å². The number of hydrogen-bond donors (Lipinski definition) is 2. The molecule has 98 valence electrons. The molecule has 5 nitrogen and oxygen atoms in total. The van der Waals surface area contributed by atoms with E-state index in [1.165, 1.54) is 18.2 Å². The van der Waals surface area contributed by atoms with Crippen molar-refractivity contribution in [3.8, 4) is 0 Å². The fraction of sp³-hybridized carbons (Fsp3) is 0.273. The lowest BCUT2D eigenvalue weighted by Crippen LogP contribution is -2.30. The lowest BCUT2D eigenvalue weighted by molar-refractivity contribution is 0.0500. The first kappa shape index (κ1) is 14.4. The Morgan fingerprint density at radius 3 is 2.78 bits per heavy atom. The number of carbonyl (C=O) groups is 2. The average molecular weight is 319 g/mol. The van der Waals surface area contributed by atoms with Crippen LogP contribution in [0.3, 0.4) is 0 Å². The predicted octanol–water partition coefficient (Wildman–Crippen LogP) is 1.80. The van der Waals surface area contributed by atoms with Gasteiger partial charge in [-0.3, -0.25) is 0 Å². The van der Waals surface area contributed by atoms with Gasteiger partial charge in [-0.15, -0.1) is 0 Å². The number of halogens is 2. The van der Waals surface area contributed by atoms with Crippen LogP contribution in [0.5, 0.6) is 0 Å². The molecule has 2 amide bonds. The van der Waals surface area contributed by atoms with E-state index in [0.717, 1.165) is 0 Å². The zero-order valence-corrected chi connectivity index (χ0v) is 11.0. The quantitative estimate of drug-likeness (QED) is 0.641.